The number of nitrogens with one attached hydrogen (secondary N) is 1. The molecule has 1 heterocycles. The number of carbonyl (C=O) groups is 2. The second-order valence-electron chi connectivity index (χ2n) is 4.79. The molecule has 0 atom stereocenters. The standard InChI is InChI=1S/C16H19N3O2/c20-15(14-5-2-1-3-6-14)7-8-16(21)18-9-4-11-19-12-10-17-13-19/h1-3,5-6,10,12-13H,4,7-9,11H2,(H,18,21). The zero-order chi connectivity index (χ0) is 14.9. The molecule has 5 nitrogen and oxygen atoms in total. The lowest BCUT2D eigenvalue weighted by molar-refractivity contribution is -0.121. The summed E-state index contributed by atoms with van der Waals surface area (Å²) in [5.41, 5.74) is 0.658. The molecule has 0 spiro atoms. The Balaban J connectivity index is 1.60. The summed E-state index contributed by atoms with van der Waals surface area (Å²) in [4.78, 5) is 27.5. The molecule has 0 aliphatic rings. The molecule has 0 fully saturated rings. The van der Waals surface area contributed by atoms with Crippen molar-refractivity contribution in [2.45, 2.75) is 25.8 Å². The molecule has 1 aromatic heterocycles. The molecule has 0 saturated heterocycles. The highest BCUT2D eigenvalue weighted by Crippen LogP contribution is 2.04. The largest absolute Gasteiger partial charge is 0.356 e. The van der Waals surface area contributed by atoms with E-state index in [1.54, 1.807) is 24.7 Å². The molecule has 2 rings (SSSR count). The van der Waals surface area contributed by atoms with Gasteiger partial charge in [-0.2, -0.15) is 0 Å². The fourth-order valence-corrected chi connectivity index (χ4v) is 1.99. The molecule has 5 heteroatoms. The first-order valence-corrected chi connectivity index (χ1v) is 7.06. The van der Waals surface area contributed by atoms with Crippen molar-refractivity contribution in [2.75, 3.05) is 6.54 Å². The van der Waals surface area contributed by atoms with Crippen molar-refractivity contribution in [1.29, 1.82) is 0 Å². The van der Waals surface area contributed by atoms with Gasteiger partial charge in [-0.15, -0.1) is 0 Å². The van der Waals surface area contributed by atoms with E-state index in [0.717, 1.165) is 13.0 Å². The van der Waals surface area contributed by atoms with Crippen molar-refractivity contribution in [3.05, 3.63) is 54.6 Å². The van der Waals surface area contributed by atoms with Gasteiger partial charge in [-0.25, -0.2) is 4.98 Å². The number of rotatable bonds is 8. The SMILES string of the molecule is O=C(CCC(=O)c1ccccc1)NCCCn1ccnc1. The van der Waals surface area contributed by atoms with Gasteiger partial charge in [0.05, 0.1) is 6.33 Å². The van der Waals surface area contributed by atoms with Gasteiger partial charge in [0.2, 0.25) is 5.91 Å². The van der Waals surface area contributed by atoms with Crippen molar-refractivity contribution in [3.8, 4) is 0 Å². The lowest BCUT2D eigenvalue weighted by Crippen LogP contribution is -2.25. The van der Waals surface area contributed by atoms with E-state index in [4.69, 9.17) is 0 Å². The number of amides is 1. The summed E-state index contributed by atoms with van der Waals surface area (Å²) in [6.45, 7) is 1.43. The third kappa shape index (κ3) is 5.22. The number of carbonyl (C=O) groups excluding carboxylic acids is 2. The maximum atomic E-state index is 11.8. The van der Waals surface area contributed by atoms with Crippen molar-refractivity contribution in [3.63, 3.8) is 0 Å². The molecule has 1 aromatic carbocycles. The molecule has 0 bridgehead atoms. The van der Waals surface area contributed by atoms with E-state index in [1.165, 1.54) is 0 Å². The second kappa shape index (κ2) is 7.99. The quantitative estimate of drug-likeness (QED) is 0.596. The van der Waals surface area contributed by atoms with Crippen LogP contribution < -0.4 is 5.32 Å². The summed E-state index contributed by atoms with van der Waals surface area (Å²) < 4.78 is 1.96. The molecular formula is C16H19N3O2. The summed E-state index contributed by atoms with van der Waals surface area (Å²) >= 11 is 0. The van der Waals surface area contributed by atoms with E-state index < -0.39 is 0 Å². The number of benzene rings is 1. The van der Waals surface area contributed by atoms with Gasteiger partial charge < -0.3 is 9.88 Å². The minimum Gasteiger partial charge on any atom is -0.356 e. The van der Waals surface area contributed by atoms with Crippen LogP contribution in [-0.2, 0) is 11.3 Å². The number of aromatic nitrogens is 2. The van der Waals surface area contributed by atoms with E-state index in [2.05, 4.69) is 10.3 Å². The molecule has 2 aromatic rings. The van der Waals surface area contributed by atoms with Crippen molar-refractivity contribution in [1.82, 2.24) is 14.9 Å². The van der Waals surface area contributed by atoms with Gasteiger partial charge in [-0.05, 0) is 6.42 Å². The summed E-state index contributed by atoms with van der Waals surface area (Å²) in [6, 6.07) is 9.05. The molecule has 110 valence electrons. The predicted octanol–water partition coefficient (Wildman–Crippen LogP) is 2.05. The Morgan fingerprint density at radius 1 is 1.14 bits per heavy atom. The van der Waals surface area contributed by atoms with E-state index in [9.17, 15) is 9.59 Å². The van der Waals surface area contributed by atoms with Crippen molar-refractivity contribution in [2.24, 2.45) is 0 Å². The Morgan fingerprint density at radius 3 is 2.67 bits per heavy atom. The molecule has 1 amide bonds. The topological polar surface area (TPSA) is 64.0 Å². The van der Waals surface area contributed by atoms with Crippen LogP contribution in [-0.4, -0.2) is 27.8 Å². The monoisotopic (exact) mass is 285 g/mol. The zero-order valence-corrected chi connectivity index (χ0v) is 11.9. The van der Waals surface area contributed by atoms with E-state index >= 15 is 0 Å². The van der Waals surface area contributed by atoms with Gasteiger partial charge in [0.1, 0.15) is 0 Å². The average molecular weight is 285 g/mol. The highest BCUT2D eigenvalue weighted by atomic mass is 16.2. The van der Waals surface area contributed by atoms with Crippen LogP contribution in [0.25, 0.3) is 0 Å². The maximum absolute atomic E-state index is 11.8. The highest BCUT2D eigenvalue weighted by molar-refractivity contribution is 5.97. The third-order valence-corrected chi connectivity index (χ3v) is 3.15. The fraction of sp³-hybridized carbons (Fsp3) is 0.312. The minimum absolute atomic E-state index is 0.00386. The van der Waals surface area contributed by atoms with Crippen LogP contribution in [0, 0.1) is 0 Å². The first-order valence-electron chi connectivity index (χ1n) is 7.06. The number of aryl methyl sites for hydroxylation is 1. The Labute approximate surface area is 124 Å². The smallest absolute Gasteiger partial charge is 0.220 e. The summed E-state index contributed by atoms with van der Waals surface area (Å²) in [7, 11) is 0. The molecule has 0 aliphatic carbocycles. The Morgan fingerprint density at radius 2 is 1.95 bits per heavy atom. The minimum atomic E-state index is -0.0788. The van der Waals surface area contributed by atoms with Crippen molar-refractivity contribution < 1.29 is 9.59 Å². The average Bonchev–Trinajstić information content (AvgIpc) is 3.03. The Bertz CT molecular complexity index is 564. The first-order chi connectivity index (χ1) is 10.3. The van der Waals surface area contributed by atoms with E-state index in [1.807, 2.05) is 29.0 Å². The highest BCUT2D eigenvalue weighted by Gasteiger charge is 2.08. The van der Waals surface area contributed by atoms with Crippen LogP contribution in [0.1, 0.15) is 29.6 Å². The summed E-state index contributed by atoms with van der Waals surface area (Å²) in [5.74, 6) is -0.0749. The second-order valence-corrected chi connectivity index (χ2v) is 4.79. The van der Waals surface area contributed by atoms with Gasteiger partial charge in [0, 0.05) is 43.9 Å². The van der Waals surface area contributed by atoms with Crippen molar-refractivity contribution >= 4 is 11.7 Å². The lowest BCUT2D eigenvalue weighted by atomic mass is 10.1. The predicted molar refractivity (Wildman–Crippen MR) is 79.9 cm³/mol. The molecule has 0 unspecified atom stereocenters. The van der Waals surface area contributed by atoms with E-state index in [-0.39, 0.29) is 24.5 Å². The number of Topliss-reactive ketones (excluding diaryl/α,β-unsaturated/α-hetero) is 1. The summed E-state index contributed by atoms with van der Waals surface area (Å²) in [6.07, 6.45) is 6.69. The Hall–Kier alpha value is -2.43. The van der Waals surface area contributed by atoms with Gasteiger partial charge in [0.25, 0.3) is 0 Å². The van der Waals surface area contributed by atoms with Crippen LogP contribution in [0.5, 0.6) is 0 Å². The third-order valence-electron chi connectivity index (χ3n) is 3.15. The summed E-state index contributed by atoms with van der Waals surface area (Å²) in [5, 5.41) is 2.83. The van der Waals surface area contributed by atoms with Crippen LogP contribution in [0.3, 0.4) is 0 Å². The maximum Gasteiger partial charge on any atom is 0.220 e. The molecule has 21 heavy (non-hydrogen) atoms. The zero-order valence-electron chi connectivity index (χ0n) is 11.9. The molecule has 0 saturated carbocycles. The van der Waals surface area contributed by atoms with Crippen LogP contribution >= 0.6 is 0 Å². The number of ketones is 1. The number of nitrogens with zero attached hydrogens (tertiary/aromatic N) is 2. The Kier molecular flexibility index (Phi) is 5.70. The molecular weight excluding hydrogens is 266 g/mol. The van der Waals surface area contributed by atoms with Crippen LogP contribution in [0.2, 0.25) is 0 Å². The van der Waals surface area contributed by atoms with Crippen LogP contribution in [0.4, 0.5) is 0 Å². The normalized spacial score (nSPS) is 10.3. The molecule has 0 aliphatic heterocycles. The lowest BCUT2D eigenvalue weighted by Gasteiger charge is -2.05. The van der Waals surface area contributed by atoms with Gasteiger partial charge in [0.15, 0.2) is 5.78 Å². The van der Waals surface area contributed by atoms with Gasteiger partial charge >= 0.3 is 0 Å². The van der Waals surface area contributed by atoms with E-state index in [0.29, 0.717) is 12.1 Å². The van der Waals surface area contributed by atoms with Crippen LogP contribution in [0.15, 0.2) is 49.1 Å². The number of hydrogen-bond donors (Lipinski definition) is 1. The van der Waals surface area contributed by atoms with Gasteiger partial charge in [-0.3, -0.25) is 9.59 Å². The fourth-order valence-electron chi connectivity index (χ4n) is 1.99. The number of hydrogen-bond acceptors (Lipinski definition) is 3. The number of imidazole rings is 1. The van der Waals surface area contributed by atoms with Gasteiger partial charge in [-0.1, -0.05) is 30.3 Å². The molecule has 1 N–H and O–H groups in total. The first kappa shape index (κ1) is 15.0. The molecule has 0 radical (unpaired) electrons.